The van der Waals surface area contributed by atoms with Crippen molar-refractivity contribution in [1.82, 2.24) is 14.8 Å². The van der Waals surface area contributed by atoms with Gasteiger partial charge in [0.05, 0.1) is 23.0 Å². The molecular formula is C18H15BrN4O2S. The van der Waals surface area contributed by atoms with Gasteiger partial charge in [0, 0.05) is 17.2 Å². The topological polar surface area (TPSA) is 64.2 Å². The first-order valence-corrected chi connectivity index (χ1v) is 9.53. The van der Waals surface area contributed by atoms with Gasteiger partial charge in [-0.1, -0.05) is 27.3 Å². The molecule has 26 heavy (non-hydrogen) atoms. The highest BCUT2D eigenvalue weighted by molar-refractivity contribution is 9.10. The Kier molecular flexibility index (Phi) is 4.37. The van der Waals surface area contributed by atoms with Crippen LogP contribution in [0.2, 0.25) is 0 Å². The van der Waals surface area contributed by atoms with E-state index < -0.39 is 0 Å². The lowest BCUT2D eigenvalue weighted by molar-refractivity contribution is 0.0977. The number of aromatic nitrogens is 3. The normalized spacial score (nSPS) is 11.2. The van der Waals surface area contributed by atoms with Crippen LogP contribution >= 0.6 is 27.3 Å². The summed E-state index contributed by atoms with van der Waals surface area (Å²) in [6.45, 7) is 2.21. The first-order chi connectivity index (χ1) is 12.5. The average molecular weight is 431 g/mol. The zero-order valence-corrected chi connectivity index (χ0v) is 16.5. The van der Waals surface area contributed by atoms with E-state index in [1.165, 1.54) is 11.3 Å². The van der Waals surface area contributed by atoms with Crippen LogP contribution in [0.15, 0.2) is 51.6 Å². The van der Waals surface area contributed by atoms with Crippen molar-refractivity contribution in [1.29, 1.82) is 0 Å². The highest BCUT2D eigenvalue weighted by atomic mass is 79.9. The van der Waals surface area contributed by atoms with Crippen LogP contribution in [0.25, 0.3) is 10.2 Å². The number of carbonyl (C=O) groups is 1. The lowest BCUT2D eigenvalue weighted by atomic mass is 10.3. The molecule has 0 spiro atoms. The third-order valence-corrected chi connectivity index (χ3v) is 5.58. The molecule has 0 fully saturated rings. The number of carbonyl (C=O) groups excluding carboxylic acids is 1. The van der Waals surface area contributed by atoms with E-state index in [1.807, 2.05) is 38.2 Å². The van der Waals surface area contributed by atoms with E-state index in [1.54, 1.807) is 28.0 Å². The molecule has 0 saturated carbocycles. The van der Waals surface area contributed by atoms with Crippen LogP contribution in [0.3, 0.4) is 0 Å². The number of furan rings is 1. The second-order valence-corrected chi connectivity index (χ2v) is 7.80. The summed E-state index contributed by atoms with van der Waals surface area (Å²) < 4.78 is 9.11. The molecule has 0 aliphatic rings. The third-order valence-electron chi connectivity index (χ3n) is 4.04. The number of anilines is 1. The molecule has 4 aromatic rings. The molecule has 8 heteroatoms. The lowest BCUT2D eigenvalue weighted by Gasteiger charge is -2.17. The number of nitrogens with zero attached hydrogens (tertiary/aromatic N) is 4. The van der Waals surface area contributed by atoms with E-state index in [-0.39, 0.29) is 5.91 Å². The Morgan fingerprint density at radius 3 is 2.88 bits per heavy atom. The van der Waals surface area contributed by atoms with Crippen LogP contribution in [0.1, 0.15) is 21.9 Å². The number of thiazole rings is 1. The zero-order valence-electron chi connectivity index (χ0n) is 14.1. The fraction of sp³-hybridized carbons (Fsp3) is 0.167. The molecule has 0 aliphatic heterocycles. The molecule has 1 amide bonds. The summed E-state index contributed by atoms with van der Waals surface area (Å²) in [6.07, 6.45) is 1.60. The SMILES string of the molecule is Cc1cc(C(=O)N(Cc2ccco2)c2nc3ccc(Br)cc3s2)nn1C. The Bertz CT molecular complexity index is 1060. The van der Waals surface area contributed by atoms with Crippen molar-refractivity contribution in [2.75, 3.05) is 4.90 Å². The standard InChI is InChI=1S/C18H15BrN4O2S/c1-11-8-15(21-22(11)2)17(24)23(10-13-4-3-7-25-13)18-20-14-6-5-12(19)9-16(14)26-18/h3-9H,10H2,1-2H3. The number of hydrogen-bond donors (Lipinski definition) is 0. The summed E-state index contributed by atoms with van der Waals surface area (Å²) in [7, 11) is 1.82. The number of amides is 1. The smallest absolute Gasteiger partial charge is 0.280 e. The molecule has 0 aliphatic carbocycles. The Labute approximate surface area is 162 Å². The molecule has 0 bridgehead atoms. The van der Waals surface area contributed by atoms with Crippen molar-refractivity contribution in [2.45, 2.75) is 13.5 Å². The molecule has 0 saturated heterocycles. The quantitative estimate of drug-likeness (QED) is 0.476. The monoisotopic (exact) mass is 430 g/mol. The van der Waals surface area contributed by atoms with Gasteiger partial charge in [0.1, 0.15) is 5.76 Å². The van der Waals surface area contributed by atoms with E-state index in [0.29, 0.717) is 23.1 Å². The van der Waals surface area contributed by atoms with E-state index in [2.05, 4.69) is 26.0 Å². The van der Waals surface area contributed by atoms with Gasteiger partial charge in [-0.05, 0) is 43.3 Å². The minimum Gasteiger partial charge on any atom is -0.467 e. The zero-order chi connectivity index (χ0) is 18.3. The van der Waals surface area contributed by atoms with Crippen molar-refractivity contribution in [3.05, 3.63) is 64.3 Å². The maximum Gasteiger partial charge on any atom is 0.280 e. The molecule has 0 atom stereocenters. The maximum atomic E-state index is 13.1. The van der Waals surface area contributed by atoms with Gasteiger partial charge in [-0.25, -0.2) is 4.98 Å². The molecule has 0 radical (unpaired) electrons. The highest BCUT2D eigenvalue weighted by Gasteiger charge is 2.25. The van der Waals surface area contributed by atoms with Crippen molar-refractivity contribution in [3.63, 3.8) is 0 Å². The number of benzene rings is 1. The van der Waals surface area contributed by atoms with Crippen LogP contribution in [0, 0.1) is 6.92 Å². The molecule has 132 valence electrons. The fourth-order valence-corrected chi connectivity index (χ4v) is 4.10. The van der Waals surface area contributed by atoms with E-state index >= 15 is 0 Å². The largest absolute Gasteiger partial charge is 0.467 e. The molecule has 4 rings (SSSR count). The number of hydrogen-bond acceptors (Lipinski definition) is 5. The van der Waals surface area contributed by atoms with Gasteiger partial charge >= 0.3 is 0 Å². The van der Waals surface area contributed by atoms with E-state index in [9.17, 15) is 4.79 Å². The number of rotatable bonds is 4. The van der Waals surface area contributed by atoms with Gasteiger partial charge in [0.15, 0.2) is 10.8 Å². The minimum atomic E-state index is -0.205. The van der Waals surface area contributed by atoms with Crippen molar-refractivity contribution < 1.29 is 9.21 Å². The molecule has 0 N–H and O–H groups in total. The first kappa shape index (κ1) is 17.0. The summed E-state index contributed by atoms with van der Waals surface area (Å²) in [6, 6.07) is 11.3. The predicted molar refractivity (Wildman–Crippen MR) is 104 cm³/mol. The van der Waals surface area contributed by atoms with Crippen LogP contribution in [0.5, 0.6) is 0 Å². The number of aryl methyl sites for hydroxylation is 2. The third kappa shape index (κ3) is 3.17. The second-order valence-electron chi connectivity index (χ2n) is 5.87. The van der Waals surface area contributed by atoms with Gasteiger partial charge in [-0.15, -0.1) is 0 Å². The van der Waals surface area contributed by atoms with Gasteiger partial charge in [0.25, 0.3) is 5.91 Å². The molecule has 6 nitrogen and oxygen atoms in total. The lowest BCUT2D eigenvalue weighted by Crippen LogP contribution is -2.30. The first-order valence-electron chi connectivity index (χ1n) is 7.92. The van der Waals surface area contributed by atoms with Crippen molar-refractivity contribution >= 4 is 48.5 Å². The summed E-state index contributed by atoms with van der Waals surface area (Å²) in [5.74, 6) is 0.481. The Morgan fingerprint density at radius 1 is 1.35 bits per heavy atom. The Hall–Kier alpha value is -2.45. The maximum absolute atomic E-state index is 13.1. The highest BCUT2D eigenvalue weighted by Crippen LogP contribution is 2.32. The summed E-state index contributed by atoms with van der Waals surface area (Å²) >= 11 is 4.94. The number of fused-ring (bicyclic) bond motifs is 1. The molecular weight excluding hydrogens is 416 g/mol. The Morgan fingerprint density at radius 2 is 2.19 bits per heavy atom. The summed E-state index contributed by atoms with van der Waals surface area (Å²) in [4.78, 5) is 19.4. The molecule has 3 heterocycles. The van der Waals surface area contributed by atoms with Crippen LogP contribution < -0.4 is 4.90 Å². The predicted octanol–water partition coefficient (Wildman–Crippen LogP) is 4.54. The fourth-order valence-electron chi connectivity index (χ4n) is 2.59. The minimum absolute atomic E-state index is 0.205. The number of halogens is 1. The van der Waals surface area contributed by atoms with Crippen molar-refractivity contribution in [2.24, 2.45) is 7.05 Å². The van der Waals surface area contributed by atoms with Crippen LogP contribution in [-0.2, 0) is 13.6 Å². The van der Waals surface area contributed by atoms with Gasteiger partial charge in [-0.2, -0.15) is 5.10 Å². The summed E-state index contributed by atoms with van der Waals surface area (Å²) in [5, 5.41) is 4.93. The second kappa shape index (κ2) is 6.69. The molecule has 0 unspecified atom stereocenters. The summed E-state index contributed by atoms with van der Waals surface area (Å²) in [5.41, 5.74) is 2.15. The van der Waals surface area contributed by atoms with Crippen molar-refractivity contribution in [3.8, 4) is 0 Å². The molecule has 3 aromatic heterocycles. The van der Waals surface area contributed by atoms with Gasteiger partial charge in [0.2, 0.25) is 0 Å². The van der Waals surface area contributed by atoms with Gasteiger partial charge < -0.3 is 4.42 Å². The van der Waals surface area contributed by atoms with Crippen LogP contribution in [0.4, 0.5) is 5.13 Å². The van der Waals surface area contributed by atoms with Crippen LogP contribution in [-0.4, -0.2) is 20.7 Å². The average Bonchev–Trinajstić information content (AvgIpc) is 3.33. The molecule has 1 aromatic carbocycles. The van der Waals surface area contributed by atoms with E-state index in [0.717, 1.165) is 20.4 Å². The Balaban J connectivity index is 1.77. The van der Waals surface area contributed by atoms with Gasteiger partial charge in [-0.3, -0.25) is 14.4 Å². The van der Waals surface area contributed by atoms with E-state index in [4.69, 9.17) is 4.42 Å².